The molecule has 1 heterocycles. The Labute approximate surface area is 164 Å². The van der Waals surface area contributed by atoms with Crippen LogP contribution in [0.15, 0.2) is 54.6 Å². The molecule has 0 saturated carbocycles. The Morgan fingerprint density at radius 2 is 1.71 bits per heavy atom. The number of rotatable bonds is 5. The van der Waals surface area contributed by atoms with E-state index in [4.69, 9.17) is 0 Å². The van der Waals surface area contributed by atoms with Crippen molar-refractivity contribution in [1.29, 1.82) is 0 Å². The summed E-state index contributed by atoms with van der Waals surface area (Å²) in [7, 11) is 1.57. The van der Waals surface area contributed by atoms with Crippen LogP contribution in [0.4, 0.5) is 16.2 Å². The Morgan fingerprint density at radius 1 is 1.00 bits per heavy atom. The van der Waals surface area contributed by atoms with Gasteiger partial charge in [0.15, 0.2) is 0 Å². The second kappa shape index (κ2) is 9.03. The lowest BCUT2D eigenvalue weighted by Gasteiger charge is -2.25. The average molecular weight is 380 g/mol. The fraction of sp³-hybridized carbons (Fsp3) is 0.286. The molecule has 0 radical (unpaired) electrons. The number of hydrogen-bond acceptors (Lipinski definition) is 3. The number of para-hydroxylation sites is 2. The summed E-state index contributed by atoms with van der Waals surface area (Å²) in [6.45, 7) is 0.510. The lowest BCUT2D eigenvalue weighted by Crippen LogP contribution is -2.45. The molecule has 2 aromatic carbocycles. The number of benzene rings is 2. The first-order valence-electron chi connectivity index (χ1n) is 9.30. The largest absolute Gasteiger partial charge is 0.359 e. The maximum atomic E-state index is 12.8. The zero-order valence-corrected chi connectivity index (χ0v) is 15.8. The summed E-state index contributed by atoms with van der Waals surface area (Å²) >= 11 is 0. The van der Waals surface area contributed by atoms with E-state index in [0.29, 0.717) is 24.3 Å². The van der Waals surface area contributed by atoms with Crippen LogP contribution in [0.1, 0.15) is 18.4 Å². The van der Waals surface area contributed by atoms with Gasteiger partial charge >= 0.3 is 6.03 Å². The fourth-order valence-corrected chi connectivity index (χ4v) is 3.27. The molecular formula is C21H24N4O3. The molecule has 0 spiro atoms. The van der Waals surface area contributed by atoms with Crippen molar-refractivity contribution < 1.29 is 14.4 Å². The van der Waals surface area contributed by atoms with Gasteiger partial charge in [-0.05, 0) is 36.6 Å². The van der Waals surface area contributed by atoms with Gasteiger partial charge in [-0.25, -0.2) is 4.79 Å². The van der Waals surface area contributed by atoms with E-state index < -0.39 is 6.04 Å². The lowest BCUT2D eigenvalue weighted by atomic mass is 10.1. The van der Waals surface area contributed by atoms with Crippen LogP contribution < -0.4 is 16.0 Å². The zero-order chi connectivity index (χ0) is 19.9. The number of carbonyl (C=O) groups excluding carboxylic acids is 3. The van der Waals surface area contributed by atoms with Gasteiger partial charge in [-0.1, -0.05) is 36.4 Å². The van der Waals surface area contributed by atoms with Crippen LogP contribution in [0, 0.1) is 0 Å². The average Bonchev–Trinajstić information content (AvgIpc) is 3.20. The number of anilines is 2. The summed E-state index contributed by atoms with van der Waals surface area (Å²) in [6.07, 6.45) is 1.55. The molecule has 1 unspecified atom stereocenters. The number of carbonyl (C=O) groups is 3. The summed E-state index contributed by atoms with van der Waals surface area (Å²) in [5.74, 6) is -0.333. The number of amides is 4. The summed E-state index contributed by atoms with van der Waals surface area (Å²) in [5.41, 5.74) is 2.00. The number of nitrogens with zero attached hydrogens (tertiary/aromatic N) is 1. The first-order valence-corrected chi connectivity index (χ1v) is 9.30. The van der Waals surface area contributed by atoms with Crippen molar-refractivity contribution in [2.45, 2.75) is 25.3 Å². The van der Waals surface area contributed by atoms with E-state index in [2.05, 4.69) is 16.0 Å². The standard InChI is InChI=1S/C21H24N4O3/c1-22-19(26)14-15-8-5-6-11-17(15)24-21(28)25-13-7-12-18(25)20(27)23-16-9-3-2-4-10-16/h2-6,8-11,18H,7,12-14H2,1H3,(H,22,26)(H,23,27)(H,24,28). The number of hydrogen-bond donors (Lipinski definition) is 3. The van der Waals surface area contributed by atoms with E-state index in [0.717, 1.165) is 12.0 Å². The molecule has 1 fully saturated rings. The molecule has 7 heteroatoms. The van der Waals surface area contributed by atoms with Gasteiger partial charge in [0.1, 0.15) is 6.04 Å². The highest BCUT2D eigenvalue weighted by Gasteiger charge is 2.34. The Kier molecular flexibility index (Phi) is 6.26. The predicted molar refractivity (Wildman–Crippen MR) is 108 cm³/mol. The molecular weight excluding hydrogens is 356 g/mol. The molecule has 1 aliphatic rings. The summed E-state index contributed by atoms with van der Waals surface area (Å²) in [4.78, 5) is 38.7. The summed E-state index contributed by atoms with van der Waals surface area (Å²) in [6, 6.07) is 15.5. The molecule has 0 aromatic heterocycles. The van der Waals surface area contributed by atoms with E-state index >= 15 is 0 Å². The SMILES string of the molecule is CNC(=O)Cc1ccccc1NC(=O)N1CCCC1C(=O)Nc1ccccc1. The second-order valence-electron chi connectivity index (χ2n) is 6.64. The Bertz CT molecular complexity index is 854. The highest BCUT2D eigenvalue weighted by Crippen LogP contribution is 2.22. The molecule has 7 nitrogen and oxygen atoms in total. The molecule has 2 aromatic rings. The molecule has 0 aliphatic carbocycles. The van der Waals surface area contributed by atoms with Crippen molar-refractivity contribution in [2.24, 2.45) is 0 Å². The molecule has 0 bridgehead atoms. The van der Waals surface area contributed by atoms with E-state index in [1.807, 2.05) is 36.4 Å². The quantitative estimate of drug-likeness (QED) is 0.745. The van der Waals surface area contributed by atoms with Crippen molar-refractivity contribution in [2.75, 3.05) is 24.2 Å². The van der Waals surface area contributed by atoms with Gasteiger partial charge in [-0.15, -0.1) is 0 Å². The summed E-state index contributed by atoms with van der Waals surface area (Å²) in [5, 5.41) is 8.30. The molecule has 3 rings (SSSR count). The minimum absolute atomic E-state index is 0.136. The molecule has 28 heavy (non-hydrogen) atoms. The second-order valence-corrected chi connectivity index (χ2v) is 6.64. The highest BCUT2D eigenvalue weighted by molar-refractivity contribution is 6.00. The van der Waals surface area contributed by atoms with E-state index in [1.165, 1.54) is 0 Å². The first kappa shape index (κ1) is 19.4. The molecule has 1 saturated heterocycles. The van der Waals surface area contributed by atoms with Crippen LogP contribution >= 0.6 is 0 Å². The monoisotopic (exact) mass is 380 g/mol. The number of likely N-dealkylation sites (N-methyl/N-ethyl adjacent to an activating group) is 1. The highest BCUT2D eigenvalue weighted by atomic mass is 16.2. The first-order chi connectivity index (χ1) is 13.6. The van der Waals surface area contributed by atoms with Crippen molar-refractivity contribution in [3.63, 3.8) is 0 Å². The Morgan fingerprint density at radius 3 is 2.46 bits per heavy atom. The Balaban J connectivity index is 1.68. The molecule has 146 valence electrons. The third kappa shape index (κ3) is 4.68. The summed E-state index contributed by atoms with van der Waals surface area (Å²) < 4.78 is 0. The van der Waals surface area contributed by atoms with Gasteiger partial charge in [0, 0.05) is 25.0 Å². The zero-order valence-electron chi connectivity index (χ0n) is 15.8. The van der Waals surface area contributed by atoms with Crippen LogP contribution in [0.25, 0.3) is 0 Å². The lowest BCUT2D eigenvalue weighted by molar-refractivity contribution is -0.120. The van der Waals surface area contributed by atoms with Gasteiger partial charge in [0.05, 0.1) is 6.42 Å². The van der Waals surface area contributed by atoms with Crippen LogP contribution in [0.5, 0.6) is 0 Å². The van der Waals surface area contributed by atoms with Gasteiger partial charge in [0.2, 0.25) is 11.8 Å². The number of urea groups is 1. The minimum atomic E-state index is -0.522. The van der Waals surface area contributed by atoms with Crippen molar-refractivity contribution >= 4 is 29.2 Å². The van der Waals surface area contributed by atoms with Crippen LogP contribution in [-0.2, 0) is 16.0 Å². The molecule has 1 atom stereocenters. The van der Waals surface area contributed by atoms with Gasteiger partial charge in [-0.3, -0.25) is 9.59 Å². The third-order valence-corrected chi connectivity index (χ3v) is 4.75. The van der Waals surface area contributed by atoms with Crippen molar-refractivity contribution in [3.05, 3.63) is 60.2 Å². The number of nitrogens with one attached hydrogen (secondary N) is 3. The van der Waals surface area contributed by atoms with E-state index in [-0.39, 0.29) is 24.3 Å². The van der Waals surface area contributed by atoms with Gasteiger partial charge in [-0.2, -0.15) is 0 Å². The maximum Gasteiger partial charge on any atom is 0.322 e. The van der Waals surface area contributed by atoms with Gasteiger partial charge < -0.3 is 20.9 Å². The molecule has 3 N–H and O–H groups in total. The van der Waals surface area contributed by atoms with Gasteiger partial charge in [0.25, 0.3) is 0 Å². The minimum Gasteiger partial charge on any atom is -0.359 e. The third-order valence-electron chi connectivity index (χ3n) is 4.75. The van der Waals surface area contributed by atoms with E-state index in [9.17, 15) is 14.4 Å². The normalized spacial score (nSPS) is 15.8. The van der Waals surface area contributed by atoms with Crippen molar-refractivity contribution in [1.82, 2.24) is 10.2 Å². The Hall–Kier alpha value is -3.35. The van der Waals surface area contributed by atoms with Crippen LogP contribution in [0.3, 0.4) is 0 Å². The topological polar surface area (TPSA) is 90.5 Å². The number of likely N-dealkylation sites (tertiary alicyclic amines) is 1. The smallest absolute Gasteiger partial charge is 0.322 e. The maximum absolute atomic E-state index is 12.8. The molecule has 1 aliphatic heterocycles. The molecule has 4 amide bonds. The van der Waals surface area contributed by atoms with E-state index in [1.54, 1.807) is 30.1 Å². The van der Waals surface area contributed by atoms with Crippen molar-refractivity contribution in [3.8, 4) is 0 Å². The van der Waals surface area contributed by atoms with Crippen LogP contribution in [-0.4, -0.2) is 42.4 Å². The fourth-order valence-electron chi connectivity index (χ4n) is 3.27. The predicted octanol–water partition coefficient (Wildman–Crippen LogP) is 2.61. The van der Waals surface area contributed by atoms with Crippen LogP contribution in [0.2, 0.25) is 0 Å².